The summed E-state index contributed by atoms with van der Waals surface area (Å²) in [5.74, 6) is -0.0805. The second-order valence-electron chi connectivity index (χ2n) is 2.25. The minimum atomic E-state index is -0.743. The van der Waals surface area contributed by atoms with Gasteiger partial charge in [0.2, 0.25) is 0 Å². The van der Waals surface area contributed by atoms with E-state index in [1.165, 1.54) is 6.08 Å². The highest BCUT2D eigenvalue weighted by Gasteiger charge is 2.08. The first-order chi connectivity index (χ1) is 6.27. The third kappa shape index (κ3) is 2.45. The maximum atomic E-state index is 10.6. The van der Waals surface area contributed by atoms with E-state index in [1.807, 2.05) is 0 Å². The van der Waals surface area contributed by atoms with Crippen molar-refractivity contribution in [3.05, 3.63) is 41.4 Å². The van der Waals surface area contributed by atoms with E-state index < -0.39 is 5.82 Å². The van der Waals surface area contributed by atoms with Crippen molar-refractivity contribution < 1.29 is 13.6 Å². The summed E-state index contributed by atoms with van der Waals surface area (Å²) in [4.78, 5) is 10.6. The zero-order chi connectivity index (χ0) is 9.68. The second kappa shape index (κ2) is 4.47. The fourth-order valence-electron chi connectivity index (χ4n) is 0.809. The largest absolute Gasteiger partial charge is 0.519 e. The van der Waals surface area contributed by atoms with Gasteiger partial charge in [-0.25, -0.2) is 4.79 Å². The fraction of sp³-hybridized carbons (Fsp3) is 0.222. The van der Waals surface area contributed by atoms with Gasteiger partial charge in [-0.05, 0) is 6.08 Å². The molecule has 0 aromatic carbocycles. The third-order valence-corrected chi connectivity index (χ3v) is 1.33. The third-order valence-electron chi connectivity index (χ3n) is 1.33. The Morgan fingerprint density at radius 2 is 2.15 bits per heavy atom. The molecule has 0 saturated carbocycles. The van der Waals surface area contributed by atoms with Gasteiger partial charge in [0.1, 0.15) is 6.61 Å². The van der Waals surface area contributed by atoms with Crippen molar-refractivity contribution in [2.45, 2.75) is 6.61 Å². The predicted molar refractivity (Wildman–Crippen MR) is 47.2 cm³/mol. The molecule has 0 unspecified atom stereocenters. The molecular formula is C9H10O4. The minimum Gasteiger partial charge on any atom is -0.393 e. The fourth-order valence-corrected chi connectivity index (χ4v) is 0.809. The average molecular weight is 182 g/mol. The molecule has 0 aliphatic heterocycles. The van der Waals surface area contributed by atoms with Gasteiger partial charge in [0, 0.05) is 0 Å². The van der Waals surface area contributed by atoms with Crippen LogP contribution in [0.3, 0.4) is 0 Å². The summed E-state index contributed by atoms with van der Waals surface area (Å²) in [5, 5.41) is 0. The van der Waals surface area contributed by atoms with Gasteiger partial charge in [-0.3, -0.25) is 0 Å². The predicted octanol–water partition coefficient (Wildman–Crippen LogP) is 1.58. The Hall–Kier alpha value is -1.55. The molecule has 70 valence electrons. The van der Waals surface area contributed by atoms with Gasteiger partial charge in [-0.15, -0.1) is 6.58 Å². The van der Waals surface area contributed by atoms with Gasteiger partial charge >= 0.3 is 5.82 Å². The summed E-state index contributed by atoms with van der Waals surface area (Å²) in [5.41, 5.74) is 0. The molecule has 1 aromatic heterocycles. The van der Waals surface area contributed by atoms with Crippen molar-refractivity contribution >= 4 is 6.08 Å². The lowest BCUT2D eigenvalue weighted by atomic mass is 10.4. The van der Waals surface area contributed by atoms with Crippen LogP contribution < -0.4 is 5.82 Å². The van der Waals surface area contributed by atoms with Crippen molar-refractivity contribution in [3.8, 4) is 0 Å². The molecule has 0 N–H and O–H groups in total. The lowest BCUT2D eigenvalue weighted by Crippen LogP contribution is -1.93. The van der Waals surface area contributed by atoms with Crippen molar-refractivity contribution in [1.29, 1.82) is 0 Å². The van der Waals surface area contributed by atoms with Crippen molar-refractivity contribution in [3.63, 3.8) is 0 Å². The summed E-state index contributed by atoms with van der Waals surface area (Å²) in [6.45, 7) is 7.52. The Kier molecular flexibility index (Phi) is 3.28. The SMILES string of the molecule is C=CCOCc1oc(=O)oc1C=C. The molecule has 0 fully saturated rings. The first-order valence-electron chi connectivity index (χ1n) is 3.71. The van der Waals surface area contributed by atoms with Gasteiger partial charge in [0.05, 0.1) is 6.61 Å². The van der Waals surface area contributed by atoms with Crippen LogP contribution in [0.1, 0.15) is 11.5 Å². The van der Waals surface area contributed by atoms with E-state index >= 15 is 0 Å². The maximum absolute atomic E-state index is 10.6. The topological polar surface area (TPSA) is 52.6 Å². The van der Waals surface area contributed by atoms with E-state index in [0.29, 0.717) is 18.1 Å². The summed E-state index contributed by atoms with van der Waals surface area (Å²) in [6.07, 6.45) is 3.00. The standard InChI is InChI=1S/C9H10O4/c1-3-5-11-6-8-7(4-2)12-9(10)13-8/h3-4H,1-2,5-6H2. The molecule has 0 aliphatic rings. The molecule has 0 saturated heterocycles. The molecule has 0 spiro atoms. The minimum absolute atomic E-state index is 0.180. The Morgan fingerprint density at radius 3 is 2.77 bits per heavy atom. The van der Waals surface area contributed by atoms with E-state index in [0.717, 1.165) is 0 Å². The number of hydrogen-bond donors (Lipinski definition) is 0. The van der Waals surface area contributed by atoms with Crippen LogP contribution in [0.15, 0.2) is 32.9 Å². The molecule has 0 atom stereocenters. The Balaban J connectivity index is 2.69. The molecule has 1 heterocycles. The van der Waals surface area contributed by atoms with E-state index in [1.54, 1.807) is 6.08 Å². The summed E-state index contributed by atoms with van der Waals surface area (Å²) >= 11 is 0. The Labute approximate surface area is 75.1 Å². The van der Waals surface area contributed by atoms with Crippen molar-refractivity contribution in [2.24, 2.45) is 0 Å². The highest BCUT2D eigenvalue weighted by Crippen LogP contribution is 2.09. The normalized spacial score (nSPS) is 9.85. The summed E-state index contributed by atoms with van der Waals surface area (Å²) in [6, 6.07) is 0. The van der Waals surface area contributed by atoms with E-state index in [9.17, 15) is 4.79 Å². The highest BCUT2D eigenvalue weighted by molar-refractivity contribution is 5.40. The molecule has 0 aliphatic carbocycles. The highest BCUT2D eigenvalue weighted by atomic mass is 16.6. The van der Waals surface area contributed by atoms with Crippen LogP contribution in [0.4, 0.5) is 0 Å². The van der Waals surface area contributed by atoms with Crippen LogP contribution >= 0.6 is 0 Å². The van der Waals surface area contributed by atoms with E-state index in [-0.39, 0.29) is 6.61 Å². The lowest BCUT2D eigenvalue weighted by Gasteiger charge is -1.95. The van der Waals surface area contributed by atoms with Crippen LogP contribution in [-0.2, 0) is 11.3 Å². The number of ether oxygens (including phenoxy) is 1. The van der Waals surface area contributed by atoms with Crippen LogP contribution in [0.2, 0.25) is 0 Å². The van der Waals surface area contributed by atoms with Gasteiger partial charge in [0.25, 0.3) is 0 Å². The van der Waals surface area contributed by atoms with Crippen molar-refractivity contribution in [1.82, 2.24) is 0 Å². The zero-order valence-electron chi connectivity index (χ0n) is 7.12. The van der Waals surface area contributed by atoms with Gasteiger partial charge < -0.3 is 13.6 Å². The molecule has 1 aromatic rings. The molecule has 0 amide bonds. The number of rotatable bonds is 5. The molecule has 0 radical (unpaired) electrons. The Morgan fingerprint density at radius 1 is 1.38 bits per heavy atom. The van der Waals surface area contributed by atoms with Gasteiger partial charge in [-0.1, -0.05) is 12.7 Å². The molecule has 13 heavy (non-hydrogen) atoms. The first kappa shape index (κ1) is 9.54. The van der Waals surface area contributed by atoms with Gasteiger partial charge in [0.15, 0.2) is 11.5 Å². The molecular weight excluding hydrogens is 172 g/mol. The quantitative estimate of drug-likeness (QED) is 0.512. The second-order valence-corrected chi connectivity index (χ2v) is 2.25. The van der Waals surface area contributed by atoms with Gasteiger partial charge in [-0.2, -0.15) is 0 Å². The lowest BCUT2D eigenvalue weighted by molar-refractivity contribution is 0.130. The Bertz CT molecular complexity index is 345. The van der Waals surface area contributed by atoms with Crippen LogP contribution in [0, 0.1) is 0 Å². The van der Waals surface area contributed by atoms with Crippen LogP contribution in [0.25, 0.3) is 6.08 Å². The number of hydrogen-bond acceptors (Lipinski definition) is 4. The summed E-state index contributed by atoms with van der Waals surface area (Å²) in [7, 11) is 0. The first-order valence-corrected chi connectivity index (χ1v) is 3.71. The average Bonchev–Trinajstić information content (AvgIpc) is 2.47. The maximum Gasteiger partial charge on any atom is 0.519 e. The van der Waals surface area contributed by atoms with Crippen LogP contribution in [0.5, 0.6) is 0 Å². The molecule has 4 nitrogen and oxygen atoms in total. The summed E-state index contributed by atoms with van der Waals surface area (Å²) < 4.78 is 14.4. The molecule has 1 rings (SSSR count). The molecule has 0 bridgehead atoms. The van der Waals surface area contributed by atoms with E-state index in [4.69, 9.17) is 9.15 Å². The zero-order valence-corrected chi connectivity index (χ0v) is 7.12. The van der Waals surface area contributed by atoms with Crippen molar-refractivity contribution in [2.75, 3.05) is 6.61 Å². The smallest absolute Gasteiger partial charge is 0.393 e. The van der Waals surface area contributed by atoms with E-state index in [2.05, 4.69) is 17.6 Å². The monoisotopic (exact) mass is 182 g/mol. The van der Waals surface area contributed by atoms with Crippen LogP contribution in [-0.4, -0.2) is 6.61 Å². The molecule has 4 heteroatoms.